The van der Waals surface area contributed by atoms with E-state index in [-0.39, 0.29) is 32.2 Å². The van der Waals surface area contributed by atoms with Crippen molar-refractivity contribution in [2.24, 2.45) is 0 Å². The van der Waals surface area contributed by atoms with Crippen LogP contribution in [0.15, 0.2) is 122 Å². The smallest absolute Gasteiger partial charge is 0.306 e. The Bertz CT molecular complexity index is 1950. The molecule has 0 aliphatic carbocycles. The lowest BCUT2D eigenvalue weighted by atomic mass is 10.0. The van der Waals surface area contributed by atoms with Crippen LogP contribution in [0.4, 0.5) is 0 Å². The van der Waals surface area contributed by atoms with Gasteiger partial charge in [-0.2, -0.15) is 0 Å². The largest absolute Gasteiger partial charge is 0.545 e. The summed E-state index contributed by atoms with van der Waals surface area (Å²) in [5.41, 5.74) is 0. The van der Waals surface area contributed by atoms with Crippen molar-refractivity contribution in [3.05, 3.63) is 122 Å². The van der Waals surface area contributed by atoms with Crippen molar-refractivity contribution in [3.63, 3.8) is 0 Å². The maximum atomic E-state index is 13.0. The second-order valence-electron chi connectivity index (χ2n) is 26.9. The number of carbonyl (C=O) groups excluding carboxylic acids is 3. The van der Waals surface area contributed by atoms with E-state index in [2.05, 4.69) is 135 Å². The molecule has 534 valence electrons. The molecule has 0 aromatic carbocycles. The van der Waals surface area contributed by atoms with Gasteiger partial charge in [-0.25, -0.2) is 0 Å². The van der Waals surface area contributed by atoms with Crippen molar-refractivity contribution in [3.8, 4) is 0 Å². The van der Waals surface area contributed by atoms with E-state index in [1.165, 1.54) is 205 Å². The molecule has 0 saturated heterocycles. The van der Waals surface area contributed by atoms with Crippen LogP contribution in [0.3, 0.4) is 0 Å². The highest BCUT2D eigenvalue weighted by Gasteiger charge is 2.22. The van der Waals surface area contributed by atoms with Gasteiger partial charge in [-0.3, -0.25) is 9.59 Å². The second-order valence-corrected chi connectivity index (χ2v) is 26.9. The van der Waals surface area contributed by atoms with Crippen LogP contribution in [-0.2, 0) is 33.3 Å². The monoisotopic (exact) mass is 1300 g/mol. The van der Waals surface area contributed by atoms with Gasteiger partial charge in [0.15, 0.2) is 12.4 Å². The third-order valence-electron chi connectivity index (χ3n) is 16.7. The first kappa shape index (κ1) is 88.7. The van der Waals surface area contributed by atoms with Gasteiger partial charge in [-0.1, -0.05) is 334 Å². The first-order chi connectivity index (χ1) is 45.6. The Labute approximate surface area is 574 Å². The van der Waals surface area contributed by atoms with E-state index in [0.717, 1.165) is 96.3 Å². The van der Waals surface area contributed by atoms with E-state index in [0.29, 0.717) is 23.9 Å². The molecule has 0 aromatic heterocycles. The van der Waals surface area contributed by atoms with Gasteiger partial charge in [0, 0.05) is 12.8 Å². The summed E-state index contributed by atoms with van der Waals surface area (Å²) < 4.78 is 22.8. The van der Waals surface area contributed by atoms with E-state index < -0.39 is 24.3 Å². The van der Waals surface area contributed by atoms with Gasteiger partial charge in [-0.15, -0.1) is 0 Å². The van der Waals surface area contributed by atoms with E-state index in [4.69, 9.17) is 18.9 Å². The summed E-state index contributed by atoms with van der Waals surface area (Å²) >= 11 is 0. The fourth-order valence-electron chi connectivity index (χ4n) is 10.8. The number of carboxylic acid groups (broad SMARTS) is 1. The Kier molecular flexibility index (Phi) is 70.1. The van der Waals surface area contributed by atoms with Crippen LogP contribution in [0.5, 0.6) is 0 Å². The molecule has 0 aromatic rings. The van der Waals surface area contributed by atoms with E-state index >= 15 is 0 Å². The topological polar surface area (TPSA) is 111 Å². The van der Waals surface area contributed by atoms with Gasteiger partial charge in [0.25, 0.3) is 0 Å². The number of aliphatic carboxylic acids is 1. The Balaban J connectivity index is 4.07. The van der Waals surface area contributed by atoms with Gasteiger partial charge in [0.05, 0.1) is 40.3 Å². The first-order valence-corrected chi connectivity index (χ1v) is 38.7. The van der Waals surface area contributed by atoms with E-state index in [1.54, 1.807) is 0 Å². The molecule has 0 aliphatic rings. The van der Waals surface area contributed by atoms with Gasteiger partial charge in [0.2, 0.25) is 0 Å². The van der Waals surface area contributed by atoms with Crippen LogP contribution in [0.2, 0.25) is 0 Å². The number of unbranched alkanes of at least 4 members (excludes halogenated alkanes) is 36. The Hall–Kier alpha value is -4.31. The summed E-state index contributed by atoms with van der Waals surface area (Å²) in [5.74, 6) is -2.27. The number of carbonyl (C=O) groups is 3. The van der Waals surface area contributed by atoms with Gasteiger partial charge in [-0.05, 0) is 109 Å². The fraction of sp³-hybridized carbons (Fsp3) is 0.726. The maximum absolute atomic E-state index is 13.0. The molecule has 93 heavy (non-hydrogen) atoms. The molecule has 2 atom stereocenters. The molecule has 0 amide bonds. The molecular weight excluding hydrogens is 1150 g/mol. The van der Waals surface area contributed by atoms with Crippen molar-refractivity contribution < 1.29 is 42.9 Å². The van der Waals surface area contributed by atoms with Crippen molar-refractivity contribution in [2.45, 2.75) is 347 Å². The third-order valence-corrected chi connectivity index (χ3v) is 16.7. The molecule has 0 heterocycles. The number of esters is 2. The maximum Gasteiger partial charge on any atom is 0.306 e. The van der Waals surface area contributed by atoms with Crippen molar-refractivity contribution >= 4 is 17.9 Å². The summed E-state index contributed by atoms with van der Waals surface area (Å²) in [7, 11) is 5.94. The van der Waals surface area contributed by atoms with Gasteiger partial charge in [0.1, 0.15) is 13.2 Å². The quantitative estimate of drug-likeness (QED) is 0.0195. The molecule has 9 nitrogen and oxygen atoms in total. The van der Waals surface area contributed by atoms with Crippen molar-refractivity contribution in [1.82, 2.24) is 0 Å². The van der Waals surface area contributed by atoms with Gasteiger partial charge < -0.3 is 33.3 Å². The van der Waals surface area contributed by atoms with Crippen molar-refractivity contribution in [1.29, 1.82) is 0 Å². The van der Waals surface area contributed by atoms with Crippen LogP contribution in [0.25, 0.3) is 0 Å². The predicted octanol–water partition coefficient (Wildman–Crippen LogP) is 23.4. The molecule has 0 spiro atoms. The minimum Gasteiger partial charge on any atom is -0.545 e. The van der Waals surface area contributed by atoms with Crippen LogP contribution < -0.4 is 5.11 Å². The molecule has 0 aliphatic heterocycles. The second kappa shape index (κ2) is 73.5. The van der Waals surface area contributed by atoms with Gasteiger partial charge >= 0.3 is 11.9 Å². The minimum absolute atomic E-state index is 0.145. The molecule has 9 heteroatoms. The average Bonchev–Trinajstić information content (AvgIpc) is 3.38. The number of carboxylic acids is 1. The number of ether oxygens (including phenoxy) is 4. The highest BCUT2D eigenvalue weighted by atomic mass is 16.7. The number of allylic oxidation sites excluding steroid dienone is 20. The highest BCUT2D eigenvalue weighted by molar-refractivity contribution is 5.70. The van der Waals surface area contributed by atoms with Crippen LogP contribution in [-0.4, -0.2) is 82.3 Å². The Morgan fingerprint density at radius 3 is 0.925 bits per heavy atom. The average molecular weight is 1300 g/mol. The lowest BCUT2D eigenvalue weighted by molar-refractivity contribution is -0.870. The Morgan fingerprint density at radius 2 is 0.613 bits per heavy atom. The number of quaternary nitrogens is 1. The van der Waals surface area contributed by atoms with Crippen LogP contribution in [0.1, 0.15) is 335 Å². The van der Waals surface area contributed by atoms with Crippen LogP contribution in [0, 0.1) is 0 Å². The normalized spacial score (nSPS) is 13.3. The number of likely N-dealkylation sites (N-methyl/N-ethyl adjacent to an activating group) is 1. The van der Waals surface area contributed by atoms with Crippen molar-refractivity contribution in [2.75, 3.05) is 47.5 Å². The number of hydrogen-bond acceptors (Lipinski definition) is 8. The molecule has 0 bridgehead atoms. The molecular formula is C84H145NO8. The number of hydrogen-bond donors (Lipinski definition) is 0. The molecule has 0 rings (SSSR count). The third kappa shape index (κ3) is 74.9. The van der Waals surface area contributed by atoms with E-state index in [9.17, 15) is 19.5 Å². The highest BCUT2D eigenvalue weighted by Crippen LogP contribution is 2.18. The number of nitrogens with zero attached hydrogens (tertiary/aromatic N) is 1. The minimum atomic E-state index is -1.63. The molecule has 0 radical (unpaired) electrons. The van der Waals surface area contributed by atoms with E-state index in [1.807, 2.05) is 21.1 Å². The summed E-state index contributed by atoms with van der Waals surface area (Å²) in [6.45, 7) is 4.67. The summed E-state index contributed by atoms with van der Waals surface area (Å²) in [5, 5.41) is 11.9. The van der Waals surface area contributed by atoms with Crippen LogP contribution >= 0.6 is 0 Å². The summed E-state index contributed by atoms with van der Waals surface area (Å²) in [6.07, 6.45) is 102. The SMILES string of the molecule is CC/C=C\C/C=C\C/C=C\C/C=C\C/C=C\C/C=C\C/C=C\C/C=C\C/C=C\CCCCCCCCCCCCCCCC(=O)OC(COC(=O)CCCCCCCCCCCCCCCCC/C=C\CCCCCCCCCC)COC(OCC[N+](C)(C)C)C(=O)[O-]. The first-order valence-electron chi connectivity index (χ1n) is 38.7. The Morgan fingerprint density at radius 1 is 0.333 bits per heavy atom. The zero-order valence-corrected chi connectivity index (χ0v) is 61.1. The lowest BCUT2D eigenvalue weighted by Gasteiger charge is -2.26. The predicted molar refractivity (Wildman–Crippen MR) is 398 cm³/mol. The summed E-state index contributed by atoms with van der Waals surface area (Å²) in [6, 6.07) is 0. The molecule has 0 N–H and O–H groups in total. The summed E-state index contributed by atoms with van der Waals surface area (Å²) in [4.78, 5) is 37.6. The lowest BCUT2D eigenvalue weighted by Crippen LogP contribution is -2.44. The fourth-order valence-corrected chi connectivity index (χ4v) is 10.8. The zero-order valence-electron chi connectivity index (χ0n) is 61.1. The number of rotatable bonds is 71. The molecule has 2 unspecified atom stereocenters. The zero-order chi connectivity index (χ0) is 67.5. The molecule has 0 saturated carbocycles. The standard InChI is InChI=1S/C84H145NO8/c1-6-8-10-12-14-16-18-20-22-24-26-28-30-32-34-35-36-37-38-39-40-41-42-43-44-45-46-47-49-51-53-55-57-59-61-63-65-67-69-71-73-75-82(87)93-80(79-92-84(83(88)89)90-77-76-85(3,4)5)78-91-81(86)74-72-70-68-66-64-62-60-58-56-54-52-50-48-33-31-29-27-25-23-21-19-17-15-13-11-9-7-2/h8,10,14,16,20,22,25-28,32,34,36-37,39-40,42-43,45-46,80,84H,6-7,9,11-13,15,17-19,21,23-24,29-31,33,35,38,41,44,47-79H2,1-5H3/b10-8-,16-14-,22-20-,27-25-,28-26-,34-32-,37-36-,40-39-,43-42-,46-45-. The molecule has 0 fully saturated rings.